The molecule has 1 unspecified atom stereocenters. The molecule has 0 bridgehead atoms. The summed E-state index contributed by atoms with van der Waals surface area (Å²) >= 11 is 0. The monoisotopic (exact) mass is 455 g/mol. The van der Waals surface area contributed by atoms with Crippen LogP contribution in [0.3, 0.4) is 0 Å². The van der Waals surface area contributed by atoms with E-state index >= 15 is 0 Å². The van der Waals surface area contributed by atoms with Crippen LogP contribution in [0.5, 0.6) is 0 Å². The molecule has 0 saturated carbocycles. The number of rotatable bonds is 4. The standard InChI is InChI=1S/C24H23N.HI.H2/c1-3-7-19(8-4-1)21-11-15-23(16-12-21)25-24-17-13-22(14-18-24)20-9-5-2-6-10-20;;/h1,3-5,7,9-19,25H,2,6,8H2;2*1H. The molecule has 2 aliphatic rings. The lowest BCUT2D eigenvalue weighted by molar-refractivity contribution is 0.854. The maximum atomic E-state index is 3.49. The number of allylic oxidation sites excluding steroid dienone is 8. The Labute approximate surface area is 174 Å². The van der Waals surface area contributed by atoms with Crippen molar-refractivity contribution >= 4 is 40.9 Å². The van der Waals surface area contributed by atoms with Crippen molar-refractivity contribution < 1.29 is 1.43 Å². The van der Waals surface area contributed by atoms with Crippen LogP contribution in [-0.2, 0) is 0 Å². The van der Waals surface area contributed by atoms with Gasteiger partial charge in [0.1, 0.15) is 0 Å². The zero-order valence-electron chi connectivity index (χ0n) is 14.8. The van der Waals surface area contributed by atoms with Gasteiger partial charge in [-0.25, -0.2) is 0 Å². The molecule has 0 aliphatic heterocycles. The van der Waals surface area contributed by atoms with Gasteiger partial charge in [-0.3, -0.25) is 0 Å². The third kappa shape index (κ3) is 4.55. The van der Waals surface area contributed by atoms with Crippen LogP contribution in [0.1, 0.15) is 37.7 Å². The Morgan fingerprint density at radius 1 is 0.808 bits per heavy atom. The van der Waals surface area contributed by atoms with Crippen molar-refractivity contribution in [2.45, 2.75) is 25.2 Å². The molecule has 2 aromatic carbocycles. The van der Waals surface area contributed by atoms with E-state index in [0.717, 1.165) is 30.6 Å². The number of hydrogen-bond donors (Lipinski definition) is 1. The summed E-state index contributed by atoms with van der Waals surface area (Å²) in [6.07, 6.45) is 18.9. The van der Waals surface area contributed by atoms with Crippen molar-refractivity contribution in [3.8, 4) is 0 Å². The Bertz CT molecular complexity index is 845. The molecule has 2 aliphatic carbocycles. The Hall–Kier alpha value is -2.07. The van der Waals surface area contributed by atoms with E-state index in [-0.39, 0.29) is 25.4 Å². The van der Waals surface area contributed by atoms with E-state index in [1.807, 2.05) is 0 Å². The van der Waals surface area contributed by atoms with Gasteiger partial charge in [-0.15, -0.1) is 24.0 Å². The number of halogens is 1. The second-order valence-electron chi connectivity index (χ2n) is 6.62. The minimum Gasteiger partial charge on any atom is -0.356 e. The number of anilines is 2. The van der Waals surface area contributed by atoms with E-state index < -0.39 is 0 Å². The van der Waals surface area contributed by atoms with Crippen molar-refractivity contribution in [3.05, 3.63) is 102 Å². The topological polar surface area (TPSA) is 12.0 Å². The van der Waals surface area contributed by atoms with Gasteiger partial charge in [-0.1, -0.05) is 66.8 Å². The maximum Gasteiger partial charge on any atom is 0.0384 e. The van der Waals surface area contributed by atoms with Crippen molar-refractivity contribution in [3.63, 3.8) is 0 Å². The molecule has 0 saturated heterocycles. The highest BCUT2D eigenvalue weighted by Gasteiger charge is 2.08. The van der Waals surface area contributed by atoms with Gasteiger partial charge >= 0.3 is 0 Å². The zero-order chi connectivity index (χ0) is 16.9. The molecule has 2 aromatic rings. The van der Waals surface area contributed by atoms with Gasteiger partial charge in [0.05, 0.1) is 0 Å². The molecule has 1 N–H and O–H groups in total. The third-order valence-corrected chi connectivity index (χ3v) is 4.82. The van der Waals surface area contributed by atoms with Crippen LogP contribution >= 0.6 is 24.0 Å². The molecular weight excluding hydrogens is 429 g/mol. The molecule has 4 rings (SSSR count). The van der Waals surface area contributed by atoms with E-state index in [2.05, 4.69) is 96.4 Å². The molecule has 0 radical (unpaired) electrons. The normalized spacial score (nSPS) is 18.2. The molecule has 134 valence electrons. The molecule has 1 atom stereocenters. The fourth-order valence-electron chi connectivity index (χ4n) is 3.38. The van der Waals surface area contributed by atoms with Crippen LogP contribution in [0.2, 0.25) is 0 Å². The first kappa shape index (κ1) is 18.7. The SMILES string of the molecule is C1=CCC(c2ccc(Nc3ccc(C4=CCCC=C4)cc3)cc2)C=C1.I.[HH]. The van der Waals surface area contributed by atoms with E-state index in [0.29, 0.717) is 5.92 Å². The van der Waals surface area contributed by atoms with E-state index in [1.54, 1.807) is 0 Å². The highest BCUT2D eigenvalue weighted by atomic mass is 127. The first-order chi connectivity index (χ1) is 12.4. The lowest BCUT2D eigenvalue weighted by Gasteiger charge is -2.14. The fourth-order valence-corrected chi connectivity index (χ4v) is 3.38. The molecule has 0 amide bonds. The highest BCUT2D eigenvalue weighted by Crippen LogP contribution is 2.27. The summed E-state index contributed by atoms with van der Waals surface area (Å²) < 4.78 is 0. The molecule has 0 fully saturated rings. The maximum absolute atomic E-state index is 3.49. The van der Waals surface area contributed by atoms with Crippen molar-refractivity contribution in [2.75, 3.05) is 5.32 Å². The summed E-state index contributed by atoms with van der Waals surface area (Å²) in [5, 5.41) is 3.49. The van der Waals surface area contributed by atoms with Gasteiger partial charge in [-0.05, 0) is 60.2 Å². The van der Waals surface area contributed by atoms with Gasteiger partial charge in [0, 0.05) is 18.7 Å². The summed E-state index contributed by atoms with van der Waals surface area (Å²) in [5.74, 6) is 0.509. The number of nitrogens with one attached hydrogen (secondary N) is 1. The van der Waals surface area contributed by atoms with Crippen molar-refractivity contribution in [1.82, 2.24) is 0 Å². The first-order valence-corrected chi connectivity index (χ1v) is 9.06. The lowest BCUT2D eigenvalue weighted by atomic mass is 9.92. The Kier molecular flexibility index (Phi) is 6.51. The molecule has 0 heterocycles. The van der Waals surface area contributed by atoms with Gasteiger partial charge in [0.2, 0.25) is 0 Å². The smallest absolute Gasteiger partial charge is 0.0384 e. The van der Waals surface area contributed by atoms with E-state index in [9.17, 15) is 0 Å². The number of hydrogen-bond acceptors (Lipinski definition) is 1. The molecule has 2 heteroatoms. The Morgan fingerprint density at radius 3 is 2.15 bits per heavy atom. The molecule has 0 aromatic heterocycles. The second kappa shape index (κ2) is 9.04. The van der Waals surface area contributed by atoms with E-state index in [1.165, 1.54) is 16.7 Å². The summed E-state index contributed by atoms with van der Waals surface area (Å²) in [6, 6.07) is 17.5. The predicted molar refractivity (Wildman–Crippen MR) is 126 cm³/mol. The molecule has 1 nitrogen and oxygen atoms in total. The quantitative estimate of drug-likeness (QED) is 0.468. The number of benzene rings is 2. The van der Waals surface area contributed by atoms with Gasteiger partial charge in [0.25, 0.3) is 0 Å². The Balaban J connectivity index is 0.00000131. The van der Waals surface area contributed by atoms with Gasteiger partial charge in [-0.2, -0.15) is 0 Å². The lowest BCUT2D eigenvalue weighted by Crippen LogP contribution is -1.97. The third-order valence-electron chi connectivity index (χ3n) is 4.82. The highest BCUT2D eigenvalue weighted by molar-refractivity contribution is 14.0. The van der Waals surface area contributed by atoms with Crippen LogP contribution in [0.4, 0.5) is 11.4 Å². The first-order valence-electron chi connectivity index (χ1n) is 9.06. The molecule has 0 spiro atoms. The largest absolute Gasteiger partial charge is 0.356 e. The van der Waals surface area contributed by atoms with Crippen LogP contribution in [0.25, 0.3) is 5.57 Å². The average Bonchev–Trinajstić information content (AvgIpc) is 2.71. The average molecular weight is 455 g/mol. The van der Waals surface area contributed by atoms with Gasteiger partial charge in [0.15, 0.2) is 0 Å². The van der Waals surface area contributed by atoms with Crippen LogP contribution in [0, 0.1) is 0 Å². The summed E-state index contributed by atoms with van der Waals surface area (Å²) in [5.41, 5.74) is 6.24. The van der Waals surface area contributed by atoms with Crippen molar-refractivity contribution in [1.29, 1.82) is 0 Å². The predicted octanol–water partition coefficient (Wildman–Crippen LogP) is 7.63. The molecule has 26 heavy (non-hydrogen) atoms. The van der Waals surface area contributed by atoms with Crippen LogP contribution in [0.15, 0.2) is 91.1 Å². The minimum atomic E-state index is 0. The van der Waals surface area contributed by atoms with E-state index in [4.69, 9.17) is 0 Å². The van der Waals surface area contributed by atoms with Crippen molar-refractivity contribution in [2.24, 2.45) is 0 Å². The summed E-state index contributed by atoms with van der Waals surface area (Å²) in [4.78, 5) is 0. The fraction of sp³-hybridized carbons (Fsp3) is 0.167. The Morgan fingerprint density at radius 2 is 1.54 bits per heavy atom. The van der Waals surface area contributed by atoms with Crippen LogP contribution < -0.4 is 5.32 Å². The second-order valence-corrected chi connectivity index (χ2v) is 6.62. The van der Waals surface area contributed by atoms with Gasteiger partial charge < -0.3 is 5.32 Å². The summed E-state index contributed by atoms with van der Waals surface area (Å²) in [6.45, 7) is 0. The summed E-state index contributed by atoms with van der Waals surface area (Å²) in [7, 11) is 0. The van der Waals surface area contributed by atoms with Crippen LogP contribution in [-0.4, -0.2) is 0 Å². The zero-order valence-corrected chi connectivity index (χ0v) is 17.1. The molecular formula is C24H26IN. The minimum absolute atomic E-state index is 0.